The Labute approximate surface area is 148 Å². The Hall–Kier alpha value is -1.02. The van der Waals surface area contributed by atoms with Crippen LogP contribution in [0.2, 0.25) is 0 Å². The van der Waals surface area contributed by atoms with E-state index in [2.05, 4.69) is 37.4 Å². The first kappa shape index (κ1) is 16.4. The van der Waals surface area contributed by atoms with Gasteiger partial charge in [-0.1, -0.05) is 13.8 Å². The maximum absolute atomic E-state index is 7.94. The summed E-state index contributed by atoms with van der Waals surface area (Å²) in [6.45, 7) is 25.1. The van der Waals surface area contributed by atoms with E-state index in [-0.39, 0.29) is 11.1 Å². The summed E-state index contributed by atoms with van der Waals surface area (Å²) < 4.78 is 0. The van der Waals surface area contributed by atoms with E-state index in [1.54, 1.807) is 0 Å². The second-order valence-corrected chi connectivity index (χ2v) is 10.1. The summed E-state index contributed by atoms with van der Waals surface area (Å²) in [5.74, 6) is 5.58. The molecular formula is C22H32N2. The van der Waals surface area contributed by atoms with Crippen molar-refractivity contribution in [3.63, 3.8) is 0 Å². The van der Waals surface area contributed by atoms with Gasteiger partial charge in [0.05, 0.1) is 0 Å². The molecule has 2 heteroatoms. The summed E-state index contributed by atoms with van der Waals surface area (Å²) in [6.07, 6.45) is 7.36. The molecular weight excluding hydrogens is 292 g/mol. The molecule has 0 radical (unpaired) electrons. The van der Waals surface area contributed by atoms with E-state index in [0.717, 1.165) is 36.0 Å². The van der Waals surface area contributed by atoms with Crippen molar-refractivity contribution >= 4 is 0 Å². The Balaban J connectivity index is 1.79. The molecule has 2 unspecified atom stereocenters. The van der Waals surface area contributed by atoms with Crippen LogP contribution in [-0.2, 0) is 0 Å². The number of rotatable bonds is 0. The fourth-order valence-electron chi connectivity index (χ4n) is 7.87. The molecule has 0 saturated heterocycles. The van der Waals surface area contributed by atoms with Crippen LogP contribution in [0.15, 0.2) is 0 Å². The number of nitrogens with zero attached hydrogens (tertiary/aromatic N) is 2. The zero-order valence-electron chi connectivity index (χ0n) is 15.8. The predicted molar refractivity (Wildman–Crippen MR) is 97.0 cm³/mol. The number of hydrogen-bond donors (Lipinski definition) is 0. The highest BCUT2D eigenvalue weighted by Gasteiger charge is 2.67. The van der Waals surface area contributed by atoms with Crippen molar-refractivity contribution in [3.8, 4) is 0 Å². The van der Waals surface area contributed by atoms with Crippen LogP contribution in [0.3, 0.4) is 0 Å². The first-order valence-electron chi connectivity index (χ1n) is 10.1. The van der Waals surface area contributed by atoms with Gasteiger partial charge in [-0.15, -0.1) is 0 Å². The third-order valence-electron chi connectivity index (χ3n) is 9.29. The van der Waals surface area contributed by atoms with Crippen molar-refractivity contribution in [3.05, 3.63) is 22.8 Å². The lowest BCUT2D eigenvalue weighted by molar-refractivity contribution is -0.138. The van der Waals surface area contributed by atoms with Gasteiger partial charge in [0.2, 0.25) is 11.1 Å². The van der Waals surface area contributed by atoms with Gasteiger partial charge in [0.25, 0.3) is 0 Å². The summed E-state index contributed by atoms with van der Waals surface area (Å²) in [4.78, 5) is 8.40. The van der Waals surface area contributed by atoms with Crippen LogP contribution in [0.1, 0.15) is 66.2 Å². The summed E-state index contributed by atoms with van der Waals surface area (Å²) in [5, 5.41) is 0. The molecule has 4 saturated carbocycles. The van der Waals surface area contributed by atoms with Crippen molar-refractivity contribution in [1.29, 1.82) is 0 Å². The van der Waals surface area contributed by atoms with Gasteiger partial charge >= 0.3 is 0 Å². The average molecular weight is 325 g/mol. The molecule has 0 aromatic heterocycles. The van der Waals surface area contributed by atoms with Gasteiger partial charge in [-0.3, -0.25) is 0 Å². The van der Waals surface area contributed by atoms with Crippen LogP contribution in [0.25, 0.3) is 9.69 Å². The molecule has 24 heavy (non-hydrogen) atoms. The standard InChI is InChI=1S/C22H32N2/c1-13-11-15-12-14(2)22(4,24-6)18-8-7-17-20(19(15)18)16(13)9-10-21(17,3)23-5/h13-20H,7-12H2,1-4H3/t13-,14+,15-,16+,17-,18-,19?,20?,21-,22+/m0/s1. The zero-order chi connectivity index (χ0) is 17.3. The Morgan fingerprint density at radius 1 is 0.875 bits per heavy atom. The fraction of sp³-hybridized carbons (Fsp3) is 0.909. The van der Waals surface area contributed by atoms with Crippen LogP contribution < -0.4 is 0 Å². The lowest BCUT2D eigenvalue weighted by Gasteiger charge is -2.62. The van der Waals surface area contributed by atoms with Crippen LogP contribution in [0, 0.1) is 60.5 Å². The first-order chi connectivity index (χ1) is 11.4. The summed E-state index contributed by atoms with van der Waals surface area (Å²) in [6, 6.07) is 0. The van der Waals surface area contributed by atoms with Crippen molar-refractivity contribution in [2.24, 2.45) is 47.3 Å². The first-order valence-corrected chi connectivity index (χ1v) is 10.1. The van der Waals surface area contributed by atoms with Gasteiger partial charge < -0.3 is 9.69 Å². The second kappa shape index (κ2) is 5.24. The van der Waals surface area contributed by atoms with Gasteiger partial charge in [0, 0.05) is 38.0 Å². The van der Waals surface area contributed by atoms with E-state index in [1.165, 1.54) is 32.1 Å². The zero-order valence-corrected chi connectivity index (χ0v) is 15.8. The molecule has 0 N–H and O–H groups in total. The topological polar surface area (TPSA) is 8.72 Å². The second-order valence-electron chi connectivity index (χ2n) is 10.1. The Morgan fingerprint density at radius 2 is 1.58 bits per heavy atom. The van der Waals surface area contributed by atoms with Crippen molar-refractivity contribution < 1.29 is 0 Å². The van der Waals surface area contributed by atoms with Gasteiger partial charge in [0.15, 0.2) is 0 Å². The minimum Gasteiger partial charge on any atom is -0.310 e. The smallest absolute Gasteiger partial charge is 0.235 e. The molecule has 0 aliphatic heterocycles. The van der Waals surface area contributed by atoms with Crippen LogP contribution >= 0.6 is 0 Å². The summed E-state index contributed by atoms with van der Waals surface area (Å²) in [7, 11) is 0. The maximum atomic E-state index is 7.94. The lowest BCUT2D eigenvalue weighted by Crippen LogP contribution is -2.62. The highest BCUT2D eigenvalue weighted by molar-refractivity contribution is 5.19. The van der Waals surface area contributed by atoms with Crippen LogP contribution in [-0.4, -0.2) is 11.1 Å². The molecule has 4 fully saturated rings. The molecule has 10 atom stereocenters. The molecule has 130 valence electrons. The highest BCUT2D eigenvalue weighted by Crippen LogP contribution is 2.66. The molecule has 4 aliphatic carbocycles. The average Bonchev–Trinajstić information content (AvgIpc) is 2.58. The third-order valence-corrected chi connectivity index (χ3v) is 9.29. The van der Waals surface area contributed by atoms with E-state index in [1.807, 2.05) is 0 Å². The normalized spacial score (nSPS) is 58.9. The van der Waals surface area contributed by atoms with Crippen molar-refractivity contribution in [2.75, 3.05) is 0 Å². The molecule has 0 aromatic rings. The van der Waals surface area contributed by atoms with E-state index >= 15 is 0 Å². The van der Waals surface area contributed by atoms with Crippen LogP contribution in [0.5, 0.6) is 0 Å². The summed E-state index contributed by atoms with van der Waals surface area (Å²) >= 11 is 0. The van der Waals surface area contributed by atoms with Crippen molar-refractivity contribution in [1.82, 2.24) is 0 Å². The quantitative estimate of drug-likeness (QED) is 0.505. The predicted octanol–water partition coefficient (Wildman–Crippen LogP) is 5.71. The third kappa shape index (κ3) is 1.92. The molecule has 4 aliphatic rings. The molecule has 0 aromatic carbocycles. The van der Waals surface area contributed by atoms with Gasteiger partial charge in [-0.25, -0.2) is 13.1 Å². The largest absolute Gasteiger partial charge is 0.310 e. The van der Waals surface area contributed by atoms with E-state index < -0.39 is 0 Å². The Morgan fingerprint density at radius 3 is 2.25 bits per heavy atom. The van der Waals surface area contributed by atoms with Gasteiger partial charge in [0.1, 0.15) is 0 Å². The maximum Gasteiger partial charge on any atom is 0.235 e. The fourth-order valence-corrected chi connectivity index (χ4v) is 7.87. The Kier molecular flexibility index (Phi) is 3.59. The Bertz CT molecular complexity index is 612. The summed E-state index contributed by atoms with van der Waals surface area (Å²) in [5.41, 5.74) is -0.297. The molecule has 0 bridgehead atoms. The monoisotopic (exact) mass is 324 g/mol. The van der Waals surface area contributed by atoms with Gasteiger partial charge in [-0.2, -0.15) is 0 Å². The minimum atomic E-state index is -0.163. The van der Waals surface area contributed by atoms with E-state index in [0.29, 0.717) is 17.8 Å². The lowest BCUT2D eigenvalue weighted by atomic mass is 9.40. The van der Waals surface area contributed by atoms with E-state index in [4.69, 9.17) is 13.1 Å². The minimum absolute atomic E-state index is 0.134. The molecule has 0 amide bonds. The van der Waals surface area contributed by atoms with Crippen molar-refractivity contribution in [2.45, 2.75) is 77.3 Å². The SMILES string of the molecule is [C-]#[N+][C@]1(C)[C@H](C)C[C@@H]2C[C@H](C)[C@H]3CC[C@](C)([N+]#[C-])[C@H]4CC[C@H]1C2C34. The molecule has 4 rings (SSSR count). The van der Waals surface area contributed by atoms with Crippen LogP contribution in [0.4, 0.5) is 0 Å². The molecule has 2 nitrogen and oxygen atoms in total. The molecule has 0 heterocycles. The number of hydrogen-bond acceptors (Lipinski definition) is 0. The highest BCUT2D eigenvalue weighted by atomic mass is 14.9. The van der Waals surface area contributed by atoms with Gasteiger partial charge in [-0.05, 0) is 61.7 Å². The van der Waals surface area contributed by atoms with E-state index in [9.17, 15) is 0 Å². The molecule has 0 spiro atoms.